The van der Waals surface area contributed by atoms with Crippen molar-refractivity contribution in [2.75, 3.05) is 31.6 Å². The Balaban J connectivity index is 1.92. The van der Waals surface area contributed by atoms with Crippen LogP contribution in [-0.4, -0.2) is 37.1 Å². The van der Waals surface area contributed by atoms with E-state index in [0.717, 1.165) is 43.1 Å². The molecule has 2 aliphatic heterocycles. The van der Waals surface area contributed by atoms with Crippen molar-refractivity contribution in [1.29, 1.82) is 0 Å². The van der Waals surface area contributed by atoms with Crippen LogP contribution in [-0.2, 0) is 9.53 Å². The molecule has 0 aromatic heterocycles. The summed E-state index contributed by atoms with van der Waals surface area (Å²) in [6.45, 7) is 3.15. The molecule has 17 heavy (non-hydrogen) atoms. The van der Waals surface area contributed by atoms with Crippen molar-refractivity contribution in [2.45, 2.75) is 0 Å². The minimum atomic E-state index is -0.0160. The first-order valence-corrected chi connectivity index (χ1v) is 5.79. The van der Waals surface area contributed by atoms with Crippen molar-refractivity contribution in [3.63, 3.8) is 0 Å². The van der Waals surface area contributed by atoms with Crippen LogP contribution in [0.2, 0.25) is 0 Å². The summed E-state index contributed by atoms with van der Waals surface area (Å²) in [4.78, 5) is 14.0. The topological polar surface area (TPSA) is 41.6 Å². The van der Waals surface area contributed by atoms with E-state index in [1.54, 1.807) is 0 Å². The second-order valence-corrected chi connectivity index (χ2v) is 4.19. The van der Waals surface area contributed by atoms with E-state index in [2.05, 4.69) is 10.2 Å². The van der Waals surface area contributed by atoms with E-state index in [9.17, 15) is 4.79 Å². The molecule has 4 nitrogen and oxygen atoms in total. The van der Waals surface area contributed by atoms with E-state index in [4.69, 9.17) is 4.74 Å². The third kappa shape index (κ3) is 1.91. The van der Waals surface area contributed by atoms with Crippen LogP contribution in [0.1, 0.15) is 5.56 Å². The van der Waals surface area contributed by atoms with Crippen molar-refractivity contribution in [3.8, 4) is 0 Å². The number of benzene rings is 1. The second-order valence-electron chi connectivity index (χ2n) is 4.19. The van der Waals surface area contributed by atoms with Gasteiger partial charge in [0.15, 0.2) is 0 Å². The molecule has 2 heterocycles. The van der Waals surface area contributed by atoms with E-state index in [1.807, 2.05) is 30.5 Å². The number of fused-ring (bicyclic) bond motifs is 1. The molecule has 0 bridgehead atoms. The van der Waals surface area contributed by atoms with Gasteiger partial charge in [-0.05, 0) is 6.07 Å². The molecule has 0 saturated carbocycles. The van der Waals surface area contributed by atoms with Gasteiger partial charge in [-0.2, -0.15) is 0 Å². The van der Waals surface area contributed by atoms with Gasteiger partial charge >= 0.3 is 0 Å². The molecule has 0 aliphatic carbocycles. The lowest BCUT2D eigenvalue weighted by Crippen LogP contribution is -2.32. The van der Waals surface area contributed by atoms with Gasteiger partial charge in [-0.3, -0.25) is 4.79 Å². The van der Waals surface area contributed by atoms with Crippen molar-refractivity contribution in [1.82, 2.24) is 4.90 Å². The SMILES string of the molecule is O=C1Nc2ccccc2C1=CN1CCOCC1. The lowest BCUT2D eigenvalue weighted by Gasteiger charge is -2.25. The van der Waals surface area contributed by atoms with E-state index < -0.39 is 0 Å². The van der Waals surface area contributed by atoms with E-state index in [1.165, 1.54) is 0 Å². The zero-order valence-electron chi connectivity index (χ0n) is 9.48. The standard InChI is InChI=1S/C13H14N2O2/c16-13-11(9-15-5-7-17-8-6-15)10-3-1-2-4-12(10)14-13/h1-4,9H,5-8H2,(H,14,16). The van der Waals surface area contributed by atoms with Crippen LogP contribution in [0, 0.1) is 0 Å². The molecule has 1 fully saturated rings. The minimum Gasteiger partial charge on any atom is -0.378 e. The third-order valence-corrected chi connectivity index (χ3v) is 3.07. The van der Waals surface area contributed by atoms with Crippen molar-refractivity contribution < 1.29 is 9.53 Å². The lowest BCUT2D eigenvalue weighted by atomic mass is 10.1. The Morgan fingerprint density at radius 2 is 2.00 bits per heavy atom. The summed E-state index contributed by atoms with van der Waals surface area (Å²) >= 11 is 0. The van der Waals surface area contributed by atoms with Crippen LogP contribution in [0.4, 0.5) is 5.69 Å². The van der Waals surface area contributed by atoms with Gasteiger partial charge in [0.2, 0.25) is 0 Å². The second kappa shape index (κ2) is 4.22. The predicted octanol–water partition coefficient (Wildman–Crippen LogP) is 1.31. The molecular formula is C13H14N2O2. The summed E-state index contributed by atoms with van der Waals surface area (Å²) in [5.74, 6) is -0.0160. The number of carbonyl (C=O) groups is 1. The fourth-order valence-electron chi connectivity index (χ4n) is 2.16. The van der Waals surface area contributed by atoms with Crippen molar-refractivity contribution in [3.05, 3.63) is 36.0 Å². The Kier molecular flexibility index (Phi) is 2.57. The van der Waals surface area contributed by atoms with Crippen LogP contribution < -0.4 is 5.32 Å². The zero-order chi connectivity index (χ0) is 11.7. The average molecular weight is 230 g/mol. The highest BCUT2D eigenvalue weighted by Crippen LogP contribution is 2.31. The van der Waals surface area contributed by atoms with Crippen LogP contribution in [0.3, 0.4) is 0 Å². The van der Waals surface area contributed by atoms with E-state index >= 15 is 0 Å². The molecular weight excluding hydrogens is 216 g/mol. The molecule has 0 radical (unpaired) electrons. The molecule has 1 aromatic carbocycles. The molecule has 1 saturated heterocycles. The Hall–Kier alpha value is -1.81. The van der Waals surface area contributed by atoms with Gasteiger partial charge in [0.25, 0.3) is 5.91 Å². The van der Waals surface area contributed by atoms with E-state index in [-0.39, 0.29) is 5.91 Å². The minimum absolute atomic E-state index is 0.0160. The molecule has 1 aromatic rings. The van der Waals surface area contributed by atoms with Crippen LogP contribution in [0.5, 0.6) is 0 Å². The Morgan fingerprint density at radius 1 is 1.24 bits per heavy atom. The zero-order valence-corrected chi connectivity index (χ0v) is 9.48. The Labute approximate surface area is 99.9 Å². The number of hydrogen-bond donors (Lipinski definition) is 1. The molecule has 4 heteroatoms. The number of anilines is 1. The normalized spacial score (nSPS) is 21.5. The summed E-state index contributed by atoms with van der Waals surface area (Å²) in [6, 6.07) is 7.77. The third-order valence-electron chi connectivity index (χ3n) is 3.07. The number of nitrogens with zero attached hydrogens (tertiary/aromatic N) is 1. The van der Waals surface area contributed by atoms with Gasteiger partial charge in [0, 0.05) is 30.5 Å². The van der Waals surface area contributed by atoms with Gasteiger partial charge in [0.1, 0.15) is 0 Å². The highest BCUT2D eigenvalue weighted by atomic mass is 16.5. The van der Waals surface area contributed by atoms with Gasteiger partial charge in [0.05, 0.1) is 18.8 Å². The van der Waals surface area contributed by atoms with Gasteiger partial charge in [-0.1, -0.05) is 18.2 Å². The molecule has 0 atom stereocenters. The lowest BCUT2D eigenvalue weighted by molar-refractivity contribution is -0.110. The largest absolute Gasteiger partial charge is 0.378 e. The number of nitrogens with one attached hydrogen (secondary N) is 1. The first kappa shape index (κ1) is 10.4. The van der Waals surface area contributed by atoms with E-state index in [0.29, 0.717) is 0 Å². The number of rotatable bonds is 1. The maximum Gasteiger partial charge on any atom is 0.257 e. The Morgan fingerprint density at radius 3 is 2.82 bits per heavy atom. The number of carbonyl (C=O) groups excluding carboxylic acids is 1. The van der Waals surface area contributed by atoms with Crippen molar-refractivity contribution in [2.24, 2.45) is 0 Å². The van der Waals surface area contributed by atoms with Crippen LogP contribution in [0.15, 0.2) is 30.5 Å². The summed E-state index contributed by atoms with van der Waals surface area (Å²) in [5.41, 5.74) is 2.64. The quantitative estimate of drug-likeness (QED) is 0.740. The molecule has 2 aliphatic rings. The fraction of sp³-hybridized carbons (Fsp3) is 0.308. The molecule has 1 N–H and O–H groups in total. The number of hydrogen-bond acceptors (Lipinski definition) is 3. The number of para-hydroxylation sites is 1. The predicted molar refractivity (Wildman–Crippen MR) is 65.4 cm³/mol. The summed E-state index contributed by atoms with van der Waals surface area (Å²) in [7, 11) is 0. The first-order valence-electron chi connectivity index (χ1n) is 5.79. The fourth-order valence-corrected chi connectivity index (χ4v) is 2.16. The summed E-state index contributed by atoms with van der Waals surface area (Å²) < 4.78 is 5.29. The number of amides is 1. The summed E-state index contributed by atoms with van der Waals surface area (Å²) in [5, 5.41) is 2.87. The highest BCUT2D eigenvalue weighted by Gasteiger charge is 2.24. The van der Waals surface area contributed by atoms with Crippen molar-refractivity contribution >= 4 is 17.2 Å². The monoisotopic (exact) mass is 230 g/mol. The van der Waals surface area contributed by atoms with Crippen LogP contribution >= 0.6 is 0 Å². The highest BCUT2D eigenvalue weighted by molar-refractivity contribution is 6.31. The van der Waals surface area contributed by atoms with Gasteiger partial charge < -0.3 is 15.0 Å². The van der Waals surface area contributed by atoms with Crippen LogP contribution in [0.25, 0.3) is 5.57 Å². The van der Waals surface area contributed by atoms with Gasteiger partial charge in [-0.25, -0.2) is 0 Å². The average Bonchev–Trinajstić information content (AvgIpc) is 2.68. The Bertz CT molecular complexity index is 476. The first-order chi connectivity index (χ1) is 8.34. The van der Waals surface area contributed by atoms with Gasteiger partial charge in [-0.15, -0.1) is 0 Å². The number of morpholine rings is 1. The smallest absolute Gasteiger partial charge is 0.257 e. The summed E-state index contributed by atoms with van der Waals surface area (Å²) in [6.07, 6.45) is 1.95. The maximum absolute atomic E-state index is 11.9. The molecule has 0 spiro atoms. The molecule has 1 amide bonds. The molecule has 88 valence electrons. The number of ether oxygens (including phenoxy) is 1. The molecule has 0 unspecified atom stereocenters. The molecule has 3 rings (SSSR count). The maximum atomic E-state index is 11.9.